The Morgan fingerprint density at radius 2 is 1.90 bits per heavy atom. The van der Waals surface area contributed by atoms with Gasteiger partial charge in [-0.15, -0.1) is 0 Å². The Labute approximate surface area is 125 Å². The number of benzene rings is 1. The van der Waals surface area contributed by atoms with Gasteiger partial charge in [-0.25, -0.2) is 8.42 Å². The van der Waals surface area contributed by atoms with Crippen molar-refractivity contribution in [3.05, 3.63) is 29.8 Å². The van der Waals surface area contributed by atoms with E-state index in [9.17, 15) is 8.42 Å². The van der Waals surface area contributed by atoms with Crippen molar-refractivity contribution in [1.29, 1.82) is 0 Å². The van der Waals surface area contributed by atoms with Crippen LogP contribution in [0.2, 0.25) is 0 Å². The fourth-order valence-corrected chi connectivity index (χ4v) is 2.32. The molecule has 7 heteroatoms. The van der Waals surface area contributed by atoms with Crippen molar-refractivity contribution in [2.45, 2.75) is 17.9 Å². The average molecular weight is 316 g/mol. The van der Waals surface area contributed by atoms with Crippen LogP contribution in [0, 0.1) is 0 Å². The van der Waals surface area contributed by atoms with E-state index < -0.39 is 9.84 Å². The molecule has 5 nitrogen and oxygen atoms in total. The molecule has 0 saturated heterocycles. The summed E-state index contributed by atoms with van der Waals surface area (Å²) in [6.07, 6.45) is 2.08. The van der Waals surface area contributed by atoms with Crippen LogP contribution in [-0.4, -0.2) is 40.0 Å². The van der Waals surface area contributed by atoms with Crippen LogP contribution in [-0.2, 0) is 21.1 Å². The lowest BCUT2D eigenvalue weighted by molar-refractivity contribution is 0.195. The normalized spacial score (nSPS) is 11.1. The summed E-state index contributed by atoms with van der Waals surface area (Å²) in [6, 6.07) is 6.75. The first kappa shape index (κ1) is 16.9. The van der Waals surface area contributed by atoms with E-state index in [2.05, 4.69) is 10.6 Å². The highest BCUT2D eigenvalue weighted by molar-refractivity contribution is 7.90. The molecule has 0 unspecified atom stereocenters. The van der Waals surface area contributed by atoms with E-state index in [1.807, 2.05) is 0 Å². The summed E-state index contributed by atoms with van der Waals surface area (Å²) in [5, 5.41) is 6.71. The Morgan fingerprint density at radius 1 is 1.25 bits per heavy atom. The summed E-state index contributed by atoms with van der Waals surface area (Å²) in [4.78, 5) is 0.321. The van der Waals surface area contributed by atoms with Gasteiger partial charge < -0.3 is 15.4 Å². The number of ether oxygens (including phenoxy) is 1. The minimum absolute atomic E-state index is 0.321. The Bertz CT molecular complexity index is 527. The van der Waals surface area contributed by atoms with Crippen molar-refractivity contribution in [1.82, 2.24) is 10.6 Å². The molecule has 0 fully saturated rings. The first-order chi connectivity index (χ1) is 9.43. The van der Waals surface area contributed by atoms with Gasteiger partial charge in [-0.3, -0.25) is 0 Å². The highest BCUT2D eigenvalue weighted by atomic mass is 32.2. The monoisotopic (exact) mass is 316 g/mol. The molecule has 0 aromatic heterocycles. The van der Waals surface area contributed by atoms with Gasteiger partial charge in [0, 0.05) is 33.1 Å². The minimum atomic E-state index is -3.14. The first-order valence-corrected chi connectivity index (χ1v) is 8.53. The molecule has 0 heterocycles. The smallest absolute Gasteiger partial charge is 0.175 e. The Morgan fingerprint density at radius 3 is 2.45 bits per heavy atom. The number of nitrogens with one attached hydrogen (secondary N) is 2. The predicted octanol–water partition coefficient (Wildman–Crippen LogP) is 1.09. The highest BCUT2D eigenvalue weighted by Crippen LogP contribution is 2.09. The predicted molar refractivity (Wildman–Crippen MR) is 83.5 cm³/mol. The number of methoxy groups -OCH3 is 1. The molecule has 0 saturated carbocycles. The third kappa shape index (κ3) is 6.31. The van der Waals surface area contributed by atoms with Gasteiger partial charge in [-0.2, -0.15) is 0 Å². The molecule has 0 aliphatic rings. The van der Waals surface area contributed by atoms with E-state index >= 15 is 0 Å². The molecule has 20 heavy (non-hydrogen) atoms. The fraction of sp³-hybridized carbons (Fsp3) is 0.462. The summed E-state index contributed by atoms with van der Waals surface area (Å²) in [7, 11) is -1.48. The molecule has 1 aromatic carbocycles. The number of rotatable bonds is 7. The standard InChI is InChI=1S/C13H20N2O3S2/c1-18-9-3-8-14-13(19)15-10-11-4-6-12(7-5-11)20(2,16)17/h4-7H,3,8-10H2,1-2H3,(H2,14,15,19). The molecule has 0 bridgehead atoms. The fourth-order valence-electron chi connectivity index (χ4n) is 1.52. The van der Waals surface area contributed by atoms with Crippen LogP contribution >= 0.6 is 12.2 Å². The molecule has 2 N–H and O–H groups in total. The van der Waals surface area contributed by atoms with Crippen molar-refractivity contribution >= 4 is 27.2 Å². The lowest BCUT2D eigenvalue weighted by Crippen LogP contribution is -2.35. The average Bonchev–Trinajstić information content (AvgIpc) is 2.41. The van der Waals surface area contributed by atoms with Crippen LogP contribution in [0.15, 0.2) is 29.2 Å². The van der Waals surface area contributed by atoms with Crippen LogP contribution in [0.25, 0.3) is 0 Å². The van der Waals surface area contributed by atoms with Gasteiger partial charge >= 0.3 is 0 Å². The summed E-state index contributed by atoms with van der Waals surface area (Å²) in [5.74, 6) is 0. The SMILES string of the molecule is COCCCNC(=S)NCc1ccc(S(C)(=O)=O)cc1. The van der Waals surface area contributed by atoms with Gasteiger partial charge in [0.25, 0.3) is 0 Å². The number of hydrogen-bond donors (Lipinski definition) is 2. The van der Waals surface area contributed by atoms with Crippen molar-refractivity contribution in [2.75, 3.05) is 26.5 Å². The lowest BCUT2D eigenvalue weighted by atomic mass is 10.2. The second-order valence-corrected chi connectivity index (χ2v) is 6.80. The lowest BCUT2D eigenvalue weighted by Gasteiger charge is -2.10. The quantitative estimate of drug-likeness (QED) is 0.580. The first-order valence-electron chi connectivity index (χ1n) is 6.23. The largest absolute Gasteiger partial charge is 0.385 e. The van der Waals surface area contributed by atoms with Gasteiger partial charge in [0.2, 0.25) is 0 Å². The second-order valence-electron chi connectivity index (χ2n) is 4.37. The topological polar surface area (TPSA) is 67.4 Å². The molecular weight excluding hydrogens is 296 g/mol. The summed E-state index contributed by atoms with van der Waals surface area (Å²) < 4.78 is 27.6. The summed E-state index contributed by atoms with van der Waals surface area (Å²) >= 11 is 5.13. The zero-order valence-corrected chi connectivity index (χ0v) is 13.3. The van der Waals surface area contributed by atoms with E-state index in [-0.39, 0.29) is 0 Å². The van der Waals surface area contributed by atoms with Crippen molar-refractivity contribution in [2.24, 2.45) is 0 Å². The number of thiocarbonyl (C=S) groups is 1. The Balaban J connectivity index is 2.37. The molecule has 112 valence electrons. The van der Waals surface area contributed by atoms with Crippen LogP contribution in [0.4, 0.5) is 0 Å². The van der Waals surface area contributed by atoms with Gasteiger partial charge in [-0.05, 0) is 36.3 Å². The molecule has 1 aromatic rings. The third-order valence-electron chi connectivity index (χ3n) is 2.62. The maximum absolute atomic E-state index is 11.3. The van der Waals surface area contributed by atoms with Crippen LogP contribution in [0.5, 0.6) is 0 Å². The van der Waals surface area contributed by atoms with Crippen molar-refractivity contribution < 1.29 is 13.2 Å². The zero-order valence-electron chi connectivity index (χ0n) is 11.7. The van der Waals surface area contributed by atoms with Crippen LogP contribution < -0.4 is 10.6 Å². The second kappa shape index (κ2) is 8.18. The maximum atomic E-state index is 11.3. The molecule has 0 aliphatic heterocycles. The molecule has 0 atom stereocenters. The van der Waals surface area contributed by atoms with Crippen molar-refractivity contribution in [3.63, 3.8) is 0 Å². The number of hydrogen-bond acceptors (Lipinski definition) is 4. The van der Waals surface area contributed by atoms with E-state index in [4.69, 9.17) is 17.0 Å². The Kier molecular flexibility index (Phi) is 6.90. The third-order valence-corrected chi connectivity index (χ3v) is 4.03. The summed E-state index contributed by atoms with van der Waals surface area (Å²) in [5.41, 5.74) is 0.971. The van der Waals surface area contributed by atoms with Crippen LogP contribution in [0.3, 0.4) is 0 Å². The van der Waals surface area contributed by atoms with E-state index in [0.29, 0.717) is 23.2 Å². The molecule has 0 radical (unpaired) electrons. The minimum Gasteiger partial charge on any atom is -0.385 e. The van der Waals surface area contributed by atoms with E-state index in [0.717, 1.165) is 18.5 Å². The highest BCUT2D eigenvalue weighted by Gasteiger charge is 2.06. The molecular formula is C13H20N2O3S2. The molecule has 0 spiro atoms. The van der Waals surface area contributed by atoms with E-state index in [1.54, 1.807) is 31.4 Å². The van der Waals surface area contributed by atoms with Gasteiger partial charge in [0.15, 0.2) is 14.9 Å². The van der Waals surface area contributed by atoms with Gasteiger partial charge in [0.05, 0.1) is 4.90 Å². The van der Waals surface area contributed by atoms with Gasteiger partial charge in [-0.1, -0.05) is 12.1 Å². The van der Waals surface area contributed by atoms with Gasteiger partial charge in [0.1, 0.15) is 0 Å². The van der Waals surface area contributed by atoms with E-state index in [1.165, 1.54) is 6.26 Å². The molecule has 0 amide bonds. The Hall–Kier alpha value is -1.18. The summed E-state index contributed by atoms with van der Waals surface area (Å²) in [6.45, 7) is 2.01. The number of sulfone groups is 1. The molecule has 1 rings (SSSR count). The molecule has 0 aliphatic carbocycles. The van der Waals surface area contributed by atoms with Crippen molar-refractivity contribution in [3.8, 4) is 0 Å². The van der Waals surface area contributed by atoms with Crippen LogP contribution in [0.1, 0.15) is 12.0 Å². The zero-order chi connectivity index (χ0) is 15.0. The maximum Gasteiger partial charge on any atom is 0.175 e.